The van der Waals surface area contributed by atoms with Gasteiger partial charge in [0.05, 0.1) is 5.69 Å². The van der Waals surface area contributed by atoms with Crippen molar-refractivity contribution >= 4 is 15.9 Å². The first-order valence-corrected chi connectivity index (χ1v) is 6.24. The Morgan fingerprint density at radius 1 is 1.47 bits per heavy atom. The van der Waals surface area contributed by atoms with Crippen LogP contribution in [0.2, 0.25) is 0 Å². The SMILES string of the molecule is CC1(C)CCCN1Cc1cccc(Br)n1. The average Bonchev–Trinajstić information content (AvgIpc) is 2.46. The van der Waals surface area contributed by atoms with Crippen LogP contribution in [0.5, 0.6) is 0 Å². The van der Waals surface area contributed by atoms with E-state index in [-0.39, 0.29) is 0 Å². The third kappa shape index (κ3) is 2.58. The maximum absolute atomic E-state index is 4.48. The van der Waals surface area contributed by atoms with Crippen molar-refractivity contribution in [3.05, 3.63) is 28.5 Å². The number of hydrogen-bond acceptors (Lipinski definition) is 2. The molecule has 2 heterocycles. The molecular formula is C12H17BrN2. The van der Waals surface area contributed by atoms with Gasteiger partial charge in [-0.1, -0.05) is 6.07 Å². The Labute approximate surface area is 99.8 Å². The molecule has 1 aromatic rings. The summed E-state index contributed by atoms with van der Waals surface area (Å²) in [5.41, 5.74) is 1.49. The van der Waals surface area contributed by atoms with E-state index in [9.17, 15) is 0 Å². The van der Waals surface area contributed by atoms with Crippen LogP contribution in [0.4, 0.5) is 0 Å². The van der Waals surface area contributed by atoms with E-state index in [4.69, 9.17) is 0 Å². The van der Waals surface area contributed by atoms with Crippen LogP contribution in [0.1, 0.15) is 32.4 Å². The predicted octanol–water partition coefficient (Wildman–Crippen LogP) is 3.22. The predicted molar refractivity (Wildman–Crippen MR) is 65.7 cm³/mol. The van der Waals surface area contributed by atoms with Crippen molar-refractivity contribution in [2.75, 3.05) is 6.54 Å². The largest absolute Gasteiger partial charge is 0.292 e. The highest BCUT2D eigenvalue weighted by Crippen LogP contribution is 2.29. The van der Waals surface area contributed by atoms with Crippen molar-refractivity contribution in [2.45, 2.75) is 38.8 Å². The molecule has 0 saturated carbocycles. The molecule has 0 aromatic carbocycles. The standard InChI is InChI=1S/C12H17BrN2/c1-12(2)7-4-8-15(12)9-10-5-3-6-11(13)14-10/h3,5-6H,4,7-9H2,1-2H3. The van der Waals surface area contributed by atoms with E-state index in [0.29, 0.717) is 5.54 Å². The summed E-state index contributed by atoms with van der Waals surface area (Å²) in [4.78, 5) is 6.99. The smallest absolute Gasteiger partial charge is 0.106 e. The van der Waals surface area contributed by atoms with E-state index in [1.54, 1.807) is 0 Å². The van der Waals surface area contributed by atoms with Crippen molar-refractivity contribution in [3.8, 4) is 0 Å². The fourth-order valence-corrected chi connectivity index (χ4v) is 2.57. The van der Waals surface area contributed by atoms with E-state index in [0.717, 1.165) is 16.8 Å². The molecule has 1 fully saturated rings. The van der Waals surface area contributed by atoms with E-state index < -0.39 is 0 Å². The molecule has 2 nitrogen and oxygen atoms in total. The van der Waals surface area contributed by atoms with Gasteiger partial charge in [-0.05, 0) is 61.3 Å². The Balaban J connectivity index is 2.09. The lowest BCUT2D eigenvalue weighted by molar-refractivity contribution is 0.164. The van der Waals surface area contributed by atoms with Crippen LogP contribution >= 0.6 is 15.9 Å². The molecule has 0 atom stereocenters. The summed E-state index contributed by atoms with van der Waals surface area (Å²) >= 11 is 3.41. The quantitative estimate of drug-likeness (QED) is 0.766. The highest BCUT2D eigenvalue weighted by molar-refractivity contribution is 9.10. The normalized spacial score (nSPS) is 20.7. The van der Waals surface area contributed by atoms with Gasteiger partial charge in [-0.15, -0.1) is 0 Å². The molecule has 82 valence electrons. The molecule has 1 saturated heterocycles. The Morgan fingerprint density at radius 3 is 2.87 bits per heavy atom. The number of aromatic nitrogens is 1. The van der Waals surface area contributed by atoms with Crippen LogP contribution in [-0.4, -0.2) is 22.0 Å². The van der Waals surface area contributed by atoms with Gasteiger partial charge in [0.2, 0.25) is 0 Å². The first-order valence-electron chi connectivity index (χ1n) is 5.44. The fourth-order valence-electron chi connectivity index (χ4n) is 2.19. The van der Waals surface area contributed by atoms with Gasteiger partial charge in [0.1, 0.15) is 4.60 Å². The molecule has 3 heteroatoms. The van der Waals surface area contributed by atoms with E-state index in [1.165, 1.54) is 19.4 Å². The summed E-state index contributed by atoms with van der Waals surface area (Å²) in [6, 6.07) is 6.12. The molecule has 1 aliphatic heterocycles. The van der Waals surface area contributed by atoms with E-state index in [2.05, 4.69) is 51.8 Å². The van der Waals surface area contributed by atoms with Crippen LogP contribution in [0.3, 0.4) is 0 Å². The minimum atomic E-state index is 0.337. The molecule has 0 aliphatic carbocycles. The summed E-state index contributed by atoms with van der Waals surface area (Å²) in [6.07, 6.45) is 2.60. The van der Waals surface area contributed by atoms with Crippen LogP contribution < -0.4 is 0 Å². The van der Waals surface area contributed by atoms with Gasteiger partial charge < -0.3 is 0 Å². The zero-order valence-electron chi connectivity index (χ0n) is 9.33. The molecule has 0 amide bonds. The molecule has 0 radical (unpaired) electrons. The zero-order valence-corrected chi connectivity index (χ0v) is 10.9. The highest BCUT2D eigenvalue weighted by Gasteiger charge is 2.31. The van der Waals surface area contributed by atoms with Crippen LogP contribution in [-0.2, 0) is 6.54 Å². The maximum Gasteiger partial charge on any atom is 0.106 e. The number of rotatable bonds is 2. The summed E-state index contributed by atoms with van der Waals surface area (Å²) in [5.74, 6) is 0. The van der Waals surface area contributed by atoms with E-state index >= 15 is 0 Å². The third-order valence-electron chi connectivity index (χ3n) is 3.20. The summed E-state index contributed by atoms with van der Waals surface area (Å²) in [7, 11) is 0. The Bertz CT molecular complexity index is 349. The molecular weight excluding hydrogens is 252 g/mol. The lowest BCUT2D eigenvalue weighted by Crippen LogP contribution is -2.37. The lowest BCUT2D eigenvalue weighted by Gasteiger charge is -2.31. The maximum atomic E-state index is 4.48. The molecule has 0 unspecified atom stereocenters. The van der Waals surface area contributed by atoms with Crippen molar-refractivity contribution in [1.29, 1.82) is 0 Å². The second-order valence-corrected chi connectivity index (χ2v) is 5.60. The van der Waals surface area contributed by atoms with Gasteiger partial charge in [0.15, 0.2) is 0 Å². The minimum Gasteiger partial charge on any atom is -0.292 e. The van der Waals surface area contributed by atoms with Crippen molar-refractivity contribution < 1.29 is 0 Å². The van der Waals surface area contributed by atoms with Crippen molar-refractivity contribution in [1.82, 2.24) is 9.88 Å². The van der Waals surface area contributed by atoms with E-state index in [1.807, 2.05) is 6.07 Å². The van der Waals surface area contributed by atoms with Crippen LogP contribution in [0.15, 0.2) is 22.8 Å². The van der Waals surface area contributed by atoms with Crippen molar-refractivity contribution in [3.63, 3.8) is 0 Å². The molecule has 15 heavy (non-hydrogen) atoms. The average molecular weight is 269 g/mol. The number of pyridine rings is 1. The number of nitrogens with zero attached hydrogens (tertiary/aromatic N) is 2. The van der Waals surface area contributed by atoms with Gasteiger partial charge >= 0.3 is 0 Å². The van der Waals surface area contributed by atoms with Gasteiger partial charge in [-0.25, -0.2) is 4.98 Å². The Morgan fingerprint density at radius 2 is 2.27 bits per heavy atom. The second kappa shape index (κ2) is 4.22. The van der Waals surface area contributed by atoms with Gasteiger partial charge in [0.25, 0.3) is 0 Å². The lowest BCUT2D eigenvalue weighted by atomic mass is 10.0. The number of hydrogen-bond donors (Lipinski definition) is 0. The van der Waals surface area contributed by atoms with Gasteiger partial charge in [0, 0.05) is 12.1 Å². The number of halogens is 1. The molecule has 0 bridgehead atoms. The Kier molecular flexibility index (Phi) is 3.12. The highest BCUT2D eigenvalue weighted by atomic mass is 79.9. The Hall–Kier alpha value is -0.410. The number of likely N-dealkylation sites (tertiary alicyclic amines) is 1. The van der Waals surface area contributed by atoms with Crippen molar-refractivity contribution in [2.24, 2.45) is 0 Å². The summed E-state index contributed by atoms with van der Waals surface area (Å²) in [6.45, 7) is 6.80. The summed E-state index contributed by atoms with van der Waals surface area (Å²) < 4.78 is 0.928. The molecule has 0 N–H and O–H groups in total. The zero-order chi connectivity index (χ0) is 10.9. The fraction of sp³-hybridized carbons (Fsp3) is 0.583. The monoisotopic (exact) mass is 268 g/mol. The molecule has 1 aliphatic rings. The first kappa shape index (κ1) is 11.1. The first-order chi connectivity index (χ1) is 7.08. The van der Waals surface area contributed by atoms with Gasteiger partial charge in [-0.3, -0.25) is 4.90 Å². The van der Waals surface area contributed by atoms with Crippen LogP contribution in [0.25, 0.3) is 0 Å². The third-order valence-corrected chi connectivity index (χ3v) is 3.64. The molecule has 0 spiro atoms. The van der Waals surface area contributed by atoms with Crippen LogP contribution in [0, 0.1) is 0 Å². The molecule has 2 rings (SSSR count). The topological polar surface area (TPSA) is 16.1 Å². The minimum absolute atomic E-state index is 0.337. The molecule has 1 aromatic heterocycles. The van der Waals surface area contributed by atoms with Gasteiger partial charge in [-0.2, -0.15) is 0 Å². The summed E-state index contributed by atoms with van der Waals surface area (Å²) in [5, 5.41) is 0. The second-order valence-electron chi connectivity index (χ2n) is 4.79.